The molecule has 0 N–H and O–H groups in total. The van der Waals surface area contributed by atoms with Crippen molar-refractivity contribution in [1.82, 2.24) is 4.31 Å². The van der Waals surface area contributed by atoms with Crippen molar-refractivity contribution in [2.45, 2.75) is 18.7 Å². The van der Waals surface area contributed by atoms with Crippen LogP contribution >= 0.6 is 0 Å². The Kier molecular flexibility index (Phi) is 7.44. The van der Waals surface area contributed by atoms with Crippen molar-refractivity contribution in [2.75, 3.05) is 33.4 Å². The molecule has 0 aromatic heterocycles. The highest BCUT2D eigenvalue weighted by atomic mass is 32.2. The predicted molar refractivity (Wildman–Crippen MR) is 100 cm³/mol. The fourth-order valence-corrected chi connectivity index (χ4v) is 3.51. The molecule has 0 saturated carbocycles. The Morgan fingerprint density at radius 1 is 0.926 bits per heavy atom. The van der Waals surface area contributed by atoms with E-state index in [9.17, 15) is 12.8 Å². The number of sulfonamides is 1. The number of benzene rings is 2. The molecular weight excluding hydrogens is 373 g/mol. The third-order valence-corrected chi connectivity index (χ3v) is 5.58. The Hall–Kier alpha value is -2.32. The van der Waals surface area contributed by atoms with Crippen LogP contribution in [0.15, 0.2) is 47.4 Å². The number of nitrogens with zero attached hydrogens (tertiary/aromatic N) is 1. The van der Waals surface area contributed by atoms with Gasteiger partial charge in [-0.2, -0.15) is 4.31 Å². The average Bonchev–Trinajstić information content (AvgIpc) is 2.65. The molecule has 6 nitrogen and oxygen atoms in total. The van der Waals surface area contributed by atoms with E-state index in [0.29, 0.717) is 24.7 Å². The summed E-state index contributed by atoms with van der Waals surface area (Å²) in [6, 6.07) is 10.5. The zero-order valence-electron chi connectivity index (χ0n) is 15.6. The van der Waals surface area contributed by atoms with E-state index in [0.717, 1.165) is 4.31 Å². The zero-order valence-corrected chi connectivity index (χ0v) is 16.5. The highest BCUT2D eigenvalue weighted by Gasteiger charge is 2.22. The Morgan fingerprint density at radius 3 is 2.26 bits per heavy atom. The molecule has 0 spiro atoms. The molecule has 0 heterocycles. The Bertz CT molecular complexity index is 857. The fraction of sp³-hybridized carbons (Fsp3) is 0.368. The summed E-state index contributed by atoms with van der Waals surface area (Å²) in [7, 11) is -2.31. The topological polar surface area (TPSA) is 65.1 Å². The summed E-state index contributed by atoms with van der Waals surface area (Å²) in [5.74, 6) is 0.458. The van der Waals surface area contributed by atoms with Crippen LogP contribution in [0.25, 0.3) is 0 Å². The quantitative estimate of drug-likeness (QED) is 0.615. The van der Waals surface area contributed by atoms with E-state index < -0.39 is 15.8 Å². The van der Waals surface area contributed by atoms with Gasteiger partial charge < -0.3 is 14.2 Å². The van der Waals surface area contributed by atoms with E-state index in [1.165, 1.54) is 31.3 Å². The van der Waals surface area contributed by atoms with Crippen molar-refractivity contribution >= 4 is 10.0 Å². The second-order valence-corrected chi connectivity index (χ2v) is 7.62. The van der Waals surface area contributed by atoms with Gasteiger partial charge in [-0.15, -0.1) is 0 Å². The molecule has 0 amide bonds. The van der Waals surface area contributed by atoms with Crippen molar-refractivity contribution < 1.29 is 27.0 Å². The summed E-state index contributed by atoms with van der Waals surface area (Å²) in [6.07, 6.45) is 0. The van der Waals surface area contributed by atoms with Gasteiger partial charge in [-0.1, -0.05) is 12.1 Å². The van der Waals surface area contributed by atoms with Crippen molar-refractivity contribution in [3.8, 4) is 17.2 Å². The first kappa shape index (κ1) is 21.0. The van der Waals surface area contributed by atoms with Crippen LogP contribution in [0.1, 0.15) is 13.8 Å². The van der Waals surface area contributed by atoms with Gasteiger partial charge in [-0.3, -0.25) is 0 Å². The first-order chi connectivity index (χ1) is 12.9. The van der Waals surface area contributed by atoms with Gasteiger partial charge >= 0.3 is 0 Å². The van der Waals surface area contributed by atoms with Crippen molar-refractivity contribution in [3.63, 3.8) is 0 Å². The maximum absolute atomic E-state index is 13.5. The van der Waals surface area contributed by atoms with Gasteiger partial charge in [0.25, 0.3) is 0 Å². The smallest absolute Gasteiger partial charge is 0.243 e. The number of likely N-dealkylation sites (N-methyl/N-ethyl adjacent to an activating group) is 1. The molecule has 2 rings (SSSR count). The molecule has 0 radical (unpaired) electrons. The molecule has 8 heteroatoms. The van der Waals surface area contributed by atoms with Crippen LogP contribution in [-0.4, -0.2) is 46.1 Å². The molecule has 0 unspecified atom stereocenters. The summed E-state index contributed by atoms with van der Waals surface area (Å²) in [6.45, 7) is 4.56. The normalized spacial score (nSPS) is 11.4. The van der Waals surface area contributed by atoms with Crippen LogP contribution in [0, 0.1) is 5.82 Å². The first-order valence-corrected chi connectivity index (χ1v) is 10.1. The summed E-state index contributed by atoms with van der Waals surface area (Å²) in [4.78, 5) is 0.0859. The molecule has 2 aromatic carbocycles. The third kappa shape index (κ3) is 5.33. The van der Waals surface area contributed by atoms with E-state index in [1.54, 1.807) is 18.2 Å². The maximum Gasteiger partial charge on any atom is 0.243 e. The molecule has 0 fully saturated rings. The predicted octanol–water partition coefficient (Wildman–Crippen LogP) is 3.32. The Balaban J connectivity index is 2.09. The van der Waals surface area contributed by atoms with Crippen LogP contribution < -0.4 is 14.2 Å². The van der Waals surface area contributed by atoms with Crippen LogP contribution in [0.4, 0.5) is 4.39 Å². The molecular formula is C19H24FNO5S. The highest BCUT2D eigenvalue weighted by molar-refractivity contribution is 7.89. The molecule has 27 heavy (non-hydrogen) atoms. The molecule has 0 aliphatic carbocycles. The number of para-hydroxylation sites is 1. The summed E-state index contributed by atoms with van der Waals surface area (Å²) in [5.41, 5.74) is 0. The molecule has 0 bridgehead atoms. The van der Waals surface area contributed by atoms with Gasteiger partial charge in [-0.05, 0) is 38.1 Å². The molecule has 0 saturated heterocycles. The largest absolute Gasteiger partial charge is 0.490 e. The summed E-state index contributed by atoms with van der Waals surface area (Å²) < 4.78 is 56.5. The van der Waals surface area contributed by atoms with Gasteiger partial charge in [0, 0.05) is 19.7 Å². The molecule has 0 atom stereocenters. The van der Waals surface area contributed by atoms with Crippen LogP contribution in [0.5, 0.6) is 17.2 Å². The minimum Gasteiger partial charge on any atom is -0.490 e. The monoisotopic (exact) mass is 397 g/mol. The minimum absolute atomic E-state index is 0.0199. The van der Waals surface area contributed by atoms with Gasteiger partial charge in [0.05, 0.1) is 18.1 Å². The highest BCUT2D eigenvalue weighted by Crippen LogP contribution is 2.31. The number of hydrogen-bond acceptors (Lipinski definition) is 5. The second-order valence-electron chi connectivity index (χ2n) is 5.58. The number of hydrogen-bond donors (Lipinski definition) is 0. The van der Waals surface area contributed by atoms with Gasteiger partial charge in [-0.25, -0.2) is 12.8 Å². The summed E-state index contributed by atoms with van der Waals surface area (Å²) >= 11 is 0. The fourth-order valence-electron chi connectivity index (χ4n) is 2.34. The lowest BCUT2D eigenvalue weighted by Gasteiger charge is -2.19. The van der Waals surface area contributed by atoms with E-state index in [1.807, 2.05) is 13.8 Å². The van der Waals surface area contributed by atoms with Gasteiger partial charge in [0.15, 0.2) is 23.1 Å². The lowest BCUT2D eigenvalue weighted by atomic mass is 10.3. The minimum atomic E-state index is -3.75. The first-order valence-electron chi connectivity index (χ1n) is 8.63. The van der Waals surface area contributed by atoms with E-state index in [2.05, 4.69) is 0 Å². The maximum atomic E-state index is 13.5. The van der Waals surface area contributed by atoms with Crippen molar-refractivity contribution in [1.29, 1.82) is 0 Å². The Labute approximate surface area is 159 Å². The van der Waals surface area contributed by atoms with Gasteiger partial charge in [0.2, 0.25) is 10.0 Å². The molecule has 0 aliphatic rings. The van der Waals surface area contributed by atoms with Gasteiger partial charge in [0.1, 0.15) is 6.61 Å². The lowest BCUT2D eigenvalue weighted by molar-refractivity contribution is 0.275. The summed E-state index contributed by atoms with van der Waals surface area (Å²) in [5, 5.41) is 0. The van der Waals surface area contributed by atoms with E-state index >= 15 is 0 Å². The van der Waals surface area contributed by atoms with E-state index in [4.69, 9.17) is 14.2 Å². The SMILES string of the molecule is CCOc1ccc(S(=O)(=O)N(C)CCOc2ccccc2F)cc1OCC. The second kappa shape index (κ2) is 9.57. The Morgan fingerprint density at radius 2 is 1.59 bits per heavy atom. The molecule has 2 aromatic rings. The van der Waals surface area contributed by atoms with Crippen molar-refractivity contribution in [3.05, 3.63) is 48.3 Å². The zero-order chi connectivity index (χ0) is 19.9. The number of rotatable bonds is 10. The standard InChI is InChI=1S/C19H24FNO5S/c1-4-24-18-11-10-15(14-19(18)25-5-2)27(22,23)21(3)12-13-26-17-9-7-6-8-16(17)20/h6-11,14H,4-5,12-13H2,1-3H3. The van der Waals surface area contributed by atoms with Crippen LogP contribution in [0.2, 0.25) is 0 Å². The molecule has 0 aliphatic heterocycles. The van der Waals surface area contributed by atoms with Crippen LogP contribution in [0.3, 0.4) is 0 Å². The lowest BCUT2D eigenvalue weighted by Crippen LogP contribution is -2.31. The van der Waals surface area contributed by atoms with Crippen molar-refractivity contribution in [2.24, 2.45) is 0 Å². The number of halogens is 1. The van der Waals surface area contributed by atoms with E-state index in [-0.39, 0.29) is 23.8 Å². The van der Waals surface area contributed by atoms with Crippen LogP contribution in [-0.2, 0) is 10.0 Å². The molecule has 148 valence electrons. The third-order valence-electron chi connectivity index (χ3n) is 3.72. The number of ether oxygens (including phenoxy) is 3. The average molecular weight is 397 g/mol.